The number of benzene rings is 2. The summed E-state index contributed by atoms with van der Waals surface area (Å²) < 4.78 is 19.2. The fraction of sp³-hybridized carbons (Fsp3) is 0.400. The Labute approximate surface area is 137 Å². The third-order valence-corrected chi connectivity index (χ3v) is 4.30. The van der Waals surface area contributed by atoms with Gasteiger partial charge in [-0.2, -0.15) is 0 Å². The van der Waals surface area contributed by atoms with Gasteiger partial charge in [0, 0.05) is 19.6 Å². The molecule has 3 heteroatoms. The van der Waals surface area contributed by atoms with E-state index in [-0.39, 0.29) is 0 Å². The molecule has 2 aromatic rings. The van der Waals surface area contributed by atoms with Gasteiger partial charge in [0.1, 0.15) is 17.7 Å². The average Bonchev–Trinajstić information content (AvgIpc) is 2.93. The van der Waals surface area contributed by atoms with Gasteiger partial charge in [-0.1, -0.05) is 38.1 Å². The fourth-order valence-electron chi connectivity index (χ4n) is 2.95. The maximum Gasteiger partial charge on any atom is 0.127 e. The second kappa shape index (κ2) is 7.14. The molecule has 0 spiro atoms. The van der Waals surface area contributed by atoms with Crippen LogP contribution in [0.1, 0.15) is 37.3 Å². The van der Waals surface area contributed by atoms with Crippen molar-refractivity contribution in [3.8, 4) is 11.5 Å². The third-order valence-electron chi connectivity index (χ3n) is 4.30. The Bertz CT molecular complexity index is 638. The van der Waals surface area contributed by atoms with Gasteiger partial charge in [0.15, 0.2) is 0 Å². The minimum absolute atomic E-state index is 0.521. The number of nitrogens with zero attached hydrogens (tertiary/aromatic N) is 1. The standard InChI is InChI=1S/C20H24FNO/c1-15(2)17-6-8-19(9-7-17)23-20-5-3-4-16(12-20)13-22-11-10-18(21)14-22/h3-9,12,15,18H,10-11,13-14H2,1-2H3. The van der Waals surface area contributed by atoms with Gasteiger partial charge in [-0.3, -0.25) is 4.90 Å². The highest BCUT2D eigenvalue weighted by molar-refractivity contribution is 5.35. The smallest absolute Gasteiger partial charge is 0.127 e. The summed E-state index contributed by atoms with van der Waals surface area (Å²) >= 11 is 0. The Morgan fingerprint density at radius 1 is 1.13 bits per heavy atom. The fourth-order valence-corrected chi connectivity index (χ4v) is 2.95. The molecule has 1 saturated heterocycles. The van der Waals surface area contributed by atoms with Crippen LogP contribution in [0.5, 0.6) is 11.5 Å². The Morgan fingerprint density at radius 2 is 1.91 bits per heavy atom. The van der Waals surface area contributed by atoms with Crippen molar-refractivity contribution in [2.75, 3.05) is 13.1 Å². The van der Waals surface area contributed by atoms with E-state index in [9.17, 15) is 4.39 Å². The van der Waals surface area contributed by atoms with Crippen molar-refractivity contribution < 1.29 is 9.13 Å². The van der Waals surface area contributed by atoms with Crippen LogP contribution in [0.15, 0.2) is 48.5 Å². The highest BCUT2D eigenvalue weighted by atomic mass is 19.1. The van der Waals surface area contributed by atoms with E-state index in [0.717, 1.165) is 30.2 Å². The van der Waals surface area contributed by atoms with Crippen LogP contribution in [-0.2, 0) is 6.54 Å². The number of rotatable bonds is 5. The summed E-state index contributed by atoms with van der Waals surface area (Å²) in [4.78, 5) is 2.15. The lowest BCUT2D eigenvalue weighted by atomic mass is 10.0. The lowest BCUT2D eigenvalue weighted by Gasteiger charge is -2.15. The van der Waals surface area contributed by atoms with Crippen molar-refractivity contribution >= 4 is 0 Å². The Kier molecular flexibility index (Phi) is 4.97. The van der Waals surface area contributed by atoms with Gasteiger partial charge in [-0.25, -0.2) is 4.39 Å². The molecule has 1 unspecified atom stereocenters. The third kappa shape index (κ3) is 4.32. The molecule has 0 aliphatic carbocycles. The van der Waals surface area contributed by atoms with E-state index in [1.807, 2.05) is 30.3 Å². The van der Waals surface area contributed by atoms with Crippen LogP contribution in [0.3, 0.4) is 0 Å². The largest absolute Gasteiger partial charge is 0.457 e. The molecule has 2 aromatic carbocycles. The van der Waals surface area contributed by atoms with Gasteiger partial charge < -0.3 is 4.74 Å². The number of alkyl halides is 1. The molecule has 3 rings (SSSR count). The molecule has 1 aliphatic heterocycles. The maximum atomic E-state index is 13.3. The van der Waals surface area contributed by atoms with Crippen LogP contribution < -0.4 is 4.74 Å². The topological polar surface area (TPSA) is 12.5 Å². The minimum Gasteiger partial charge on any atom is -0.457 e. The van der Waals surface area contributed by atoms with E-state index >= 15 is 0 Å². The molecule has 0 bridgehead atoms. The first-order valence-electron chi connectivity index (χ1n) is 8.33. The van der Waals surface area contributed by atoms with Gasteiger partial charge in [0.2, 0.25) is 0 Å². The summed E-state index contributed by atoms with van der Waals surface area (Å²) in [5.74, 6) is 2.19. The molecular weight excluding hydrogens is 289 g/mol. The van der Waals surface area contributed by atoms with Crippen LogP contribution in [-0.4, -0.2) is 24.2 Å². The Morgan fingerprint density at radius 3 is 2.57 bits per heavy atom. The molecule has 122 valence electrons. The summed E-state index contributed by atoms with van der Waals surface area (Å²) in [6.45, 7) is 6.52. The zero-order valence-electron chi connectivity index (χ0n) is 13.8. The average molecular weight is 313 g/mol. The second-order valence-corrected chi connectivity index (χ2v) is 6.59. The predicted octanol–water partition coefficient (Wildman–Crippen LogP) is 5.15. The zero-order valence-corrected chi connectivity index (χ0v) is 13.8. The first kappa shape index (κ1) is 16.0. The monoisotopic (exact) mass is 313 g/mol. The van der Waals surface area contributed by atoms with Gasteiger partial charge in [0.25, 0.3) is 0 Å². The normalized spacial score (nSPS) is 18.5. The van der Waals surface area contributed by atoms with Crippen molar-refractivity contribution in [2.24, 2.45) is 0 Å². The molecule has 0 amide bonds. The first-order chi connectivity index (χ1) is 11.1. The molecule has 1 atom stereocenters. The first-order valence-corrected chi connectivity index (χ1v) is 8.33. The van der Waals surface area contributed by atoms with Crippen molar-refractivity contribution in [1.29, 1.82) is 0 Å². The summed E-state index contributed by atoms with van der Waals surface area (Å²) in [5, 5.41) is 0. The minimum atomic E-state index is -0.672. The predicted molar refractivity (Wildman–Crippen MR) is 91.8 cm³/mol. The van der Waals surface area contributed by atoms with Crippen molar-refractivity contribution in [3.63, 3.8) is 0 Å². The van der Waals surface area contributed by atoms with Gasteiger partial charge in [-0.05, 0) is 47.7 Å². The van der Waals surface area contributed by atoms with Crippen LogP contribution in [0.25, 0.3) is 0 Å². The number of hydrogen-bond donors (Lipinski definition) is 0. The van der Waals surface area contributed by atoms with Gasteiger partial charge in [-0.15, -0.1) is 0 Å². The van der Waals surface area contributed by atoms with E-state index in [1.54, 1.807) is 0 Å². The van der Waals surface area contributed by atoms with Gasteiger partial charge in [0.05, 0.1) is 0 Å². The van der Waals surface area contributed by atoms with Crippen molar-refractivity contribution in [2.45, 2.75) is 38.9 Å². The van der Waals surface area contributed by atoms with Crippen molar-refractivity contribution in [1.82, 2.24) is 4.90 Å². The highest BCUT2D eigenvalue weighted by Crippen LogP contribution is 2.25. The SMILES string of the molecule is CC(C)c1ccc(Oc2cccc(CN3CCC(F)C3)c2)cc1. The summed E-state index contributed by atoms with van der Waals surface area (Å²) in [6, 6.07) is 16.3. The highest BCUT2D eigenvalue weighted by Gasteiger charge is 2.21. The summed E-state index contributed by atoms with van der Waals surface area (Å²) in [7, 11) is 0. The molecule has 0 saturated carbocycles. The van der Waals surface area contributed by atoms with E-state index in [1.165, 1.54) is 5.56 Å². The molecule has 1 fully saturated rings. The molecule has 1 heterocycles. The van der Waals surface area contributed by atoms with Gasteiger partial charge >= 0.3 is 0 Å². The lowest BCUT2D eigenvalue weighted by molar-refractivity contribution is 0.282. The van der Waals surface area contributed by atoms with E-state index < -0.39 is 6.17 Å². The number of hydrogen-bond acceptors (Lipinski definition) is 2. The summed E-state index contributed by atoms with van der Waals surface area (Å²) in [6.07, 6.45) is -0.0211. The zero-order chi connectivity index (χ0) is 16.2. The number of ether oxygens (including phenoxy) is 1. The van der Waals surface area contributed by atoms with Crippen LogP contribution in [0.2, 0.25) is 0 Å². The number of halogens is 1. The lowest BCUT2D eigenvalue weighted by Crippen LogP contribution is -2.20. The molecule has 0 N–H and O–H groups in total. The molecule has 1 aliphatic rings. The van der Waals surface area contributed by atoms with E-state index in [2.05, 4.69) is 36.9 Å². The molecule has 23 heavy (non-hydrogen) atoms. The number of likely N-dealkylation sites (tertiary alicyclic amines) is 1. The second-order valence-electron chi connectivity index (χ2n) is 6.59. The quantitative estimate of drug-likeness (QED) is 0.757. The molecular formula is C20H24FNO. The Hall–Kier alpha value is -1.87. The van der Waals surface area contributed by atoms with Crippen LogP contribution in [0.4, 0.5) is 4.39 Å². The summed E-state index contributed by atoms with van der Waals surface area (Å²) in [5.41, 5.74) is 2.47. The van der Waals surface area contributed by atoms with Crippen LogP contribution >= 0.6 is 0 Å². The molecule has 2 nitrogen and oxygen atoms in total. The van der Waals surface area contributed by atoms with E-state index in [0.29, 0.717) is 18.9 Å². The van der Waals surface area contributed by atoms with Crippen molar-refractivity contribution in [3.05, 3.63) is 59.7 Å². The Balaban J connectivity index is 1.65. The molecule has 0 aromatic heterocycles. The van der Waals surface area contributed by atoms with Crippen LogP contribution in [0, 0.1) is 0 Å². The molecule has 0 radical (unpaired) electrons. The van der Waals surface area contributed by atoms with E-state index in [4.69, 9.17) is 4.74 Å². The maximum absolute atomic E-state index is 13.3.